The van der Waals surface area contributed by atoms with Gasteiger partial charge in [0.05, 0.1) is 24.9 Å². The quantitative estimate of drug-likeness (QED) is 0.0312. The van der Waals surface area contributed by atoms with Crippen molar-refractivity contribution in [2.75, 3.05) is 26.3 Å². The molecule has 0 bridgehead atoms. The van der Waals surface area contributed by atoms with Crippen molar-refractivity contribution >= 4 is 63.0 Å². The zero-order chi connectivity index (χ0) is 31.4. The van der Waals surface area contributed by atoms with Crippen LogP contribution in [0, 0.1) is 5.92 Å². The summed E-state index contributed by atoms with van der Waals surface area (Å²) in [5.41, 5.74) is 8.35. The minimum atomic E-state index is -5.60. The van der Waals surface area contributed by atoms with E-state index in [0.717, 1.165) is 4.90 Å². The van der Waals surface area contributed by atoms with Crippen LogP contribution in [0.3, 0.4) is 0 Å². The van der Waals surface area contributed by atoms with Gasteiger partial charge in [0.1, 0.15) is 31.0 Å². The molecule has 3 rings (SSSR count). The fraction of sp³-hybridized carbons (Fsp3) is 0.833. The number of phosphoric acid groups is 2. The summed E-state index contributed by atoms with van der Waals surface area (Å²) in [6.45, 7) is -2.68. The number of nitrogens with one attached hydrogen (secondary N) is 2. The summed E-state index contributed by atoms with van der Waals surface area (Å²) >= 11 is 0. The number of hydrogen-bond acceptors (Lipinski definition) is 15. The van der Waals surface area contributed by atoms with E-state index in [0.29, 0.717) is 0 Å². The van der Waals surface area contributed by atoms with Crippen molar-refractivity contribution in [3.63, 3.8) is 0 Å². The Morgan fingerprint density at radius 1 is 1.14 bits per heavy atom. The van der Waals surface area contributed by atoms with Gasteiger partial charge in [0, 0.05) is 30.4 Å². The predicted octanol–water partition coefficient (Wildman–Crippen LogP) is -4.13. The van der Waals surface area contributed by atoms with Crippen LogP contribution in [0.4, 0.5) is 4.79 Å². The molecule has 11 unspecified atom stereocenters. The van der Waals surface area contributed by atoms with Crippen LogP contribution in [-0.2, 0) is 36.8 Å². The predicted molar refractivity (Wildman–Crippen MR) is 137 cm³/mol. The van der Waals surface area contributed by atoms with E-state index in [1.807, 2.05) is 5.32 Å². The molecule has 3 fully saturated rings. The average molecular weight is 672 g/mol. The van der Waals surface area contributed by atoms with E-state index in [2.05, 4.69) is 24.2 Å². The number of amides is 4. The third-order valence-electron chi connectivity index (χ3n) is 6.58. The van der Waals surface area contributed by atoms with Crippen molar-refractivity contribution in [3.8, 4) is 0 Å². The van der Waals surface area contributed by atoms with Gasteiger partial charge in [0.2, 0.25) is 11.8 Å². The van der Waals surface area contributed by atoms with Crippen molar-refractivity contribution < 1.29 is 76.9 Å². The number of rotatable bonds is 12. The number of aliphatic hydroxyl groups excluding tert-OH is 5. The first-order valence-electron chi connectivity index (χ1n) is 12.2. The molecule has 4 amide bonds. The van der Waals surface area contributed by atoms with Crippen LogP contribution in [0.5, 0.6) is 0 Å². The monoisotopic (exact) mass is 672 g/mol. The number of imide groups is 1. The van der Waals surface area contributed by atoms with Crippen LogP contribution in [0.1, 0.15) is 12.8 Å². The number of phosphoric ester groups is 2. The van der Waals surface area contributed by atoms with E-state index in [1.54, 1.807) is 0 Å². The second kappa shape index (κ2) is 15.8. The number of ether oxygens (including phenoxy) is 1. The first-order valence-corrected chi connectivity index (χ1v) is 15.2. The van der Waals surface area contributed by atoms with E-state index >= 15 is 0 Å². The fourth-order valence-corrected chi connectivity index (χ4v) is 6.83. The second-order valence-corrected chi connectivity index (χ2v) is 12.4. The Morgan fingerprint density at radius 3 is 2.42 bits per heavy atom. The number of urea groups is 1. The Labute approximate surface area is 264 Å². The van der Waals surface area contributed by atoms with Crippen LogP contribution >= 0.6 is 15.6 Å². The maximum atomic E-state index is 12.6. The molecule has 0 aromatic rings. The van der Waals surface area contributed by atoms with Crippen molar-refractivity contribution in [2.24, 2.45) is 11.0 Å². The minimum absolute atomic E-state index is 0. The normalized spacial score (nSPS) is 35.5. The van der Waals surface area contributed by atoms with Gasteiger partial charge >= 0.3 is 51.2 Å². The molecule has 1 aliphatic carbocycles. The second-order valence-electron chi connectivity index (χ2n) is 9.44. The maximum absolute atomic E-state index is 12.6. The summed E-state index contributed by atoms with van der Waals surface area (Å²) in [7, 11) is -11.1. The van der Waals surface area contributed by atoms with Crippen LogP contribution in [0.2, 0.25) is 0 Å². The van der Waals surface area contributed by atoms with Crippen LogP contribution in [0.15, 0.2) is 5.11 Å². The Hall–Kier alpha value is -1.26. The van der Waals surface area contributed by atoms with Gasteiger partial charge in [0.15, 0.2) is 6.23 Å². The van der Waals surface area contributed by atoms with Gasteiger partial charge in [-0.25, -0.2) is 13.9 Å². The van der Waals surface area contributed by atoms with Gasteiger partial charge in [-0.3, -0.25) is 28.9 Å². The molecule has 2 aliphatic heterocycles. The number of nitrogens with zero attached hydrogens (tertiary/aromatic N) is 4. The summed E-state index contributed by atoms with van der Waals surface area (Å²) in [5, 5.41) is 57.7. The number of azide groups is 1. The van der Waals surface area contributed by atoms with Gasteiger partial charge in [-0.15, -0.1) is 0 Å². The van der Waals surface area contributed by atoms with Crippen LogP contribution in [-0.4, -0.2) is 163 Å². The van der Waals surface area contributed by atoms with Crippen molar-refractivity contribution in [2.45, 2.75) is 61.7 Å². The SMILES string of the molecule is [N-]=[N+]=NCC(=O)NC1C(OP(=O)(O)OP(=O)(O)OCC2OC(N3CCC(=O)NC3=O)C(O)C2O)CC(CO)C(O)C1O.[NaH]. The third-order valence-corrected chi connectivity index (χ3v) is 9.25. The molecule has 1 saturated carbocycles. The molecule has 0 aromatic heterocycles. The first-order chi connectivity index (χ1) is 19.6. The molecule has 25 heteroatoms. The van der Waals surface area contributed by atoms with Crippen molar-refractivity contribution in [1.29, 1.82) is 0 Å². The van der Waals surface area contributed by atoms with E-state index < -0.39 is 114 Å². The number of carbonyl (C=O) groups excluding carboxylic acids is 3. The van der Waals surface area contributed by atoms with E-state index in [9.17, 15) is 58.8 Å². The Balaban J connectivity index is 0.00000645. The first kappa shape index (κ1) is 37.9. The molecule has 2 heterocycles. The molecule has 22 nitrogen and oxygen atoms in total. The van der Waals surface area contributed by atoms with Gasteiger partial charge in [-0.1, -0.05) is 5.11 Å². The molecule has 9 N–H and O–H groups in total. The van der Waals surface area contributed by atoms with Gasteiger partial charge in [-0.05, 0) is 12.0 Å². The summed E-state index contributed by atoms with van der Waals surface area (Å²) in [4.78, 5) is 58.8. The third kappa shape index (κ3) is 9.86. The van der Waals surface area contributed by atoms with Gasteiger partial charge < -0.3 is 45.4 Å². The summed E-state index contributed by atoms with van der Waals surface area (Å²) in [5.74, 6) is -2.70. The molecule has 3 aliphatic rings. The Morgan fingerprint density at radius 2 is 1.81 bits per heavy atom. The number of aliphatic hydroxyl groups is 5. The van der Waals surface area contributed by atoms with Crippen molar-refractivity contribution in [1.82, 2.24) is 15.5 Å². The van der Waals surface area contributed by atoms with Crippen molar-refractivity contribution in [3.05, 3.63) is 10.4 Å². The van der Waals surface area contributed by atoms with Gasteiger partial charge in [-0.2, -0.15) is 4.31 Å². The van der Waals surface area contributed by atoms with Crippen LogP contribution in [0.25, 0.3) is 10.4 Å². The molecule has 11 atom stereocenters. The molecular formula is C18H31N6NaO16P2. The Kier molecular flexibility index (Phi) is 14.0. The molecule has 0 spiro atoms. The van der Waals surface area contributed by atoms with Crippen LogP contribution < -0.4 is 10.6 Å². The van der Waals surface area contributed by atoms with Gasteiger partial charge in [0.25, 0.3) is 0 Å². The molecule has 0 radical (unpaired) electrons. The molecule has 43 heavy (non-hydrogen) atoms. The Bertz CT molecular complexity index is 1180. The number of hydrogen-bond donors (Lipinski definition) is 9. The summed E-state index contributed by atoms with van der Waals surface area (Å²) in [6, 6.07) is -2.57. The topological polar surface area (TPSA) is 340 Å². The van der Waals surface area contributed by atoms with E-state index in [1.165, 1.54) is 0 Å². The zero-order valence-electron chi connectivity index (χ0n) is 21.4. The summed E-state index contributed by atoms with van der Waals surface area (Å²) < 4.78 is 44.2. The van der Waals surface area contributed by atoms with E-state index in [4.69, 9.17) is 14.8 Å². The van der Waals surface area contributed by atoms with E-state index in [-0.39, 0.29) is 42.5 Å². The summed E-state index contributed by atoms with van der Waals surface area (Å²) in [6.07, 6.45) is -12.4. The zero-order valence-corrected chi connectivity index (χ0v) is 23.2. The number of carbonyl (C=O) groups is 3. The molecule has 0 aromatic carbocycles. The average Bonchev–Trinajstić information content (AvgIpc) is 3.18. The fourth-order valence-electron chi connectivity index (χ4n) is 4.55. The standard InChI is InChI=1S/C18H30N6O16P2.Na.H/c19-23-20-4-11(27)21-12-8(3-7(5-25)13(28)15(12)30)39-42(35,36)40-41(33,34)37-6-9-14(29)16(31)17(38-9)24-2-1-10(26)22-18(24)32;;/h7-9,12-17,25,28-31H,1-6H2,(H,21,27)(H,33,34)(H,35,36)(H,22,26,32);;. The molecular weight excluding hydrogens is 641 g/mol. The molecule has 2 saturated heterocycles. The molecule has 240 valence electrons.